The van der Waals surface area contributed by atoms with E-state index >= 15 is 8.78 Å². The van der Waals surface area contributed by atoms with Crippen molar-refractivity contribution in [2.24, 2.45) is 0 Å². The molecule has 3 amide bonds. The zero-order valence-corrected chi connectivity index (χ0v) is 60.0. The van der Waals surface area contributed by atoms with E-state index in [2.05, 4.69) is 97.2 Å². The number of amides is 3. The molecule has 560 valence electrons. The predicted octanol–water partition coefficient (Wildman–Crippen LogP) is 8.35. The Morgan fingerprint density at radius 1 is 0.523 bits per heavy atom. The molecule has 3 aromatic carbocycles. The minimum atomic E-state index is -2.59. The van der Waals surface area contributed by atoms with E-state index in [9.17, 15) is 18.8 Å². The second kappa shape index (κ2) is 33.5. The number of pyridine rings is 3. The molecule has 6 fully saturated rings. The molecule has 0 saturated carbocycles. The second-order valence-corrected chi connectivity index (χ2v) is 25.3. The fraction of sp³-hybridized carbons (Fsp3) is 0.333. The highest BCUT2D eigenvalue weighted by atomic mass is 35.5. The van der Waals surface area contributed by atoms with Gasteiger partial charge in [0.1, 0.15) is 28.0 Å². The van der Waals surface area contributed by atoms with Crippen molar-refractivity contribution in [3.63, 3.8) is 0 Å². The molecule has 107 heavy (non-hydrogen) atoms. The molecular formula is C72H75Cl2F3N18O12. The SMILES string of the molecule is C=CC(=O)N[C@H]1COC[C@H]1Nc1ncc2cc(-c3c(F)c(OC)cc(OC)c3F)nc(N3CC4CC(C3)O4)c2n1.C=CC(=O)N[C@H]1COC[C@H]1Nc1ncc2cc(-c3cccc(OC)c3F)nc(NC)c2n1.[2H]C([2H])([2H])Nc1nc(-c2c(Cl)c(OC)cc(OC)c2Cl)cc2cnc(N[C@@H]3COC[C@@H]3NC(=O)C=C)nc12. The number of carbonyl (C=O) groups is 3. The summed E-state index contributed by atoms with van der Waals surface area (Å²) in [5.41, 5.74) is 2.26. The Kier molecular flexibility index (Phi) is 22.3. The number of aromatic nitrogens is 9. The maximum Gasteiger partial charge on any atom is 0.243 e. The predicted molar refractivity (Wildman–Crippen MR) is 397 cm³/mol. The van der Waals surface area contributed by atoms with E-state index in [1.165, 1.54) is 72.1 Å². The summed E-state index contributed by atoms with van der Waals surface area (Å²) in [6, 6.07) is 10.8. The van der Waals surface area contributed by atoms with Crippen LogP contribution in [0.5, 0.6) is 28.7 Å². The lowest BCUT2D eigenvalue weighted by atomic mass is 9.98. The van der Waals surface area contributed by atoms with Crippen LogP contribution >= 0.6 is 23.2 Å². The van der Waals surface area contributed by atoms with E-state index in [4.69, 9.17) is 79.9 Å². The Balaban J connectivity index is 0.000000155. The van der Waals surface area contributed by atoms with Crippen molar-refractivity contribution in [3.05, 3.63) is 133 Å². The summed E-state index contributed by atoms with van der Waals surface area (Å²) >= 11 is 13.1. The summed E-state index contributed by atoms with van der Waals surface area (Å²) in [6.07, 6.45) is 9.36. The van der Waals surface area contributed by atoms with E-state index in [0.717, 1.165) is 12.5 Å². The molecule has 8 N–H and O–H groups in total. The van der Waals surface area contributed by atoms with Gasteiger partial charge in [-0.1, -0.05) is 49.0 Å². The summed E-state index contributed by atoms with van der Waals surface area (Å²) in [4.78, 5) is 78.0. The first-order valence-electron chi connectivity index (χ1n) is 34.7. The van der Waals surface area contributed by atoms with E-state index in [1.807, 2.05) is 4.90 Å². The van der Waals surface area contributed by atoms with Crippen LogP contribution in [0.1, 0.15) is 10.5 Å². The van der Waals surface area contributed by atoms with Crippen molar-refractivity contribution in [2.75, 3.05) is 134 Å². The van der Waals surface area contributed by atoms with Crippen molar-refractivity contribution in [1.29, 1.82) is 0 Å². The quantitative estimate of drug-likeness (QED) is 0.0279. The maximum atomic E-state index is 15.4. The van der Waals surface area contributed by atoms with E-state index in [0.29, 0.717) is 126 Å². The summed E-state index contributed by atoms with van der Waals surface area (Å²) in [6.45, 7) is 11.0. The van der Waals surface area contributed by atoms with Gasteiger partial charge < -0.3 is 90.1 Å². The molecule has 0 radical (unpaired) electrons. The first-order valence-corrected chi connectivity index (χ1v) is 34.0. The molecule has 35 heteroatoms. The van der Waals surface area contributed by atoms with E-state index in [1.54, 1.807) is 49.8 Å². The monoisotopic (exact) mass is 1510 g/mol. The number of rotatable bonds is 23. The smallest absolute Gasteiger partial charge is 0.243 e. The van der Waals surface area contributed by atoms with Crippen molar-refractivity contribution >= 4 is 109 Å². The van der Waals surface area contributed by atoms with Crippen LogP contribution in [0, 0.1) is 17.5 Å². The topological polar surface area (TPSA) is 350 Å². The second-order valence-electron chi connectivity index (χ2n) is 24.5. The van der Waals surface area contributed by atoms with E-state index in [-0.39, 0.29) is 133 Å². The minimum Gasteiger partial charge on any atom is -0.495 e. The highest BCUT2D eigenvalue weighted by molar-refractivity contribution is 6.41. The Morgan fingerprint density at radius 3 is 1.36 bits per heavy atom. The molecule has 0 spiro atoms. The number of ether oxygens (including phenoxy) is 9. The Morgan fingerprint density at radius 2 is 0.925 bits per heavy atom. The third kappa shape index (κ3) is 16.3. The average Bonchev–Trinajstić information content (AvgIpc) is 0.815. The van der Waals surface area contributed by atoms with Crippen molar-refractivity contribution < 1.29 is 74.3 Å². The van der Waals surface area contributed by atoms with Gasteiger partial charge in [-0.25, -0.2) is 58.0 Å². The number of halogens is 5. The zero-order valence-electron chi connectivity index (χ0n) is 61.4. The molecule has 6 saturated heterocycles. The summed E-state index contributed by atoms with van der Waals surface area (Å²) in [5.74, 6) is -1.05. The molecule has 6 aliphatic heterocycles. The molecule has 8 atom stereocenters. The molecule has 15 rings (SSSR count). The van der Waals surface area contributed by atoms with Gasteiger partial charge in [0.05, 0.1) is 156 Å². The average molecular weight is 1520 g/mol. The minimum absolute atomic E-state index is 0.0453. The summed E-state index contributed by atoms with van der Waals surface area (Å²) in [7, 11) is 8.61. The number of fused-ring (bicyclic) bond motifs is 5. The standard InChI is InChI=1S/C27H28F2N6O5.C23H24Cl2N6O4.C22H23FN6O3/c1-4-21(36)31-17-11-39-12-18(17)33-27-30-8-13-5-16(22-23(28)19(37-2)7-20(38-3)24(22)29)32-26(25(13)34-27)35-9-14-6-15(10-35)40-14;1-5-17(32)28-13-9-35-10-14(13)30-23-27-8-11-6-12(29-22(26-2)21(11)31-23)18-19(24)15(33-3)7-16(34-4)20(18)25;1-4-18(30)26-15-10-32-11-16(15)28-22-25-9-12-8-14(27-21(24-2)20(12)29-22)13-6-5-7-17(31-3)19(13)23/h4-5,7-8,14-15,17-18H,1,6,9-12H2,2-3H3,(H,31,36)(H,30,33,34);5-8,13-14H,1,9-10H2,2-4H3,(H,26,29)(H,28,32)(H,27,30,31);4-9,15-16H,1,10-11H2,2-3H3,(H,24,27)(H,26,30)(H,25,28,29)/t14?,15?,17-,18+;13-,14+;15-,16+/m000/s1/i;2D3;. The molecular weight excluding hydrogens is 1440 g/mol. The van der Waals surface area contributed by atoms with Gasteiger partial charge in [-0.15, -0.1) is 0 Å². The number of hydrogen-bond acceptors (Lipinski definition) is 27. The van der Waals surface area contributed by atoms with Crippen molar-refractivity contribution in [1.82, 2.24) is 60.8 Å². The third-order valence-electron chi connectivity index (χ3n) is 17.9. The van der Waals surface area contributed by atoms with Crippen LogP contribution in [0.4, 0.5) is 48.5 Å². The maximum absolute atomic E-state index is 15.4. The van der Waals surface area contributed by atoms with Gasteiger partial charge in [0.2, 0.25) is 35.6 Å². The van der Waals surface area contributed by atoms with Crippen LogP contribution in [0.25, 0.3) is 66.5 Å². The number of morpholine rings is 1. The van der Waals surface area contributed by atoms with Gasteiger partial charge in [-0.2, -0.15) is 0 Å². The first-order chi connectivity index (χ1) is 52.9. The van der Waals surface area contributed by atoms with Crippen LogP contribution in [0.15, 0.2) is 105 Å². The Labute approximate surface area is 625 Å². The molecule has 2 unspecified atom stereocenters. The highest BCUT2D eigenvalue weighted by Gasteiger charge is 2.41. The summed E-state index contributed by atoms with van der Waals surface area (Å²) < 4.78 is 117. The van der Waals surface area contributed by atoms with Gasteiger partial charge >= 0.3 is 0 Å². The molecule has 6 aliphatic rings. The Bertz CT molecular complexity index is 4960. The van der Waals surface area contributed by atoms with Crippen molar-refractivity contribution in [2.45, 2.75) is 54.9 Å². The van der Waals surface area contributed by atoms with Gasteiger partial charge in [0, 0.05) is 95.7 Å². The van der Waals surface area contributed by atoms with Gasteiger partial charge in [-0.3, -0.25) is 14.4 Å². The molecule has 0 aliphatic carbocycles. The van der Waals surface area contributed by atoms with Gasteiger partial charge in [0.25, 0.3) is 0 Å². The van der Waals surface area contributed by atoms with Crippen LogP contribution in [0.3, 0.4) is 0 Å². The van der Waals surface area contributed by atoms with Crippen LogP contribution in [-0.2, 0) is 33.3 Å². The molecule has 6 aromatic heterocycles. The number of anilines is 6. The molecule has 30 nitrogen and oxygen atoms in total. The van der Waals surface area contributed by atoms with Crippen LogP contribution in [0.2, 0.25) is 10.0 Å². The number of nitrogens with one attached hydrogen (secondary N) is 8. The lowest BCUT2D eigenvalue weighted by Gasteiger charge is -2.47. The first kappa shape index (κ1) is 71.4. The third-order valence-corrected chi connectivity index (χ3v) is 18.7. The van der Waals surface area contributed by atoms with Gasteiger partial charge in [-0.05, 0) is 48.6 Å². The molecule has 12 heterocycles. The van der Waals surface area contributed by atoms with Crippen LogP contribution < -0.4 is 71.1 Å². The number of benzene rings is 3. The fourth-order valence-electron chi connectivity index (χ4n) is 12.5. The number of hydrogen-bond donors (Lipinski definition) is 8. The van der Waals surface area contributed by atoms with Gasteiger partial charge in [0.15, 0.2) is 52.2 Å². The van der Waals surface area contributed by atoms with E-state index < -0.39 is 24.4 Å². The molecule has 2 bridgehead atoms. The number of piperidine rings is 1. The number of carbonyl (C=O) groups excluding carboxylic acids is 3. The summed E-state index contributed by atoms with van der Waals surface area (Å²) in [5, 5.41) is 25.5. The Hall–Kier alpha value is -11.2. The fourth-order valence-corrected chi connectivity index (χ4v) is 13.2. The molecule has 9 aromatic rings. The lowest BCUT2D eigenvalue weighted by Crippen LogP contribution is -2.57. The van der Waals surface area contributed by atoms with Crippen molar-refractivity contribution in [3.8, 4) is 62.5 Å². The number of nitrogens with zero attached hydrogens (tertiary/aromatic N) is 10. The highest BCUT2D eigenvalue weighted by Crippen LogP contribution is 2.47. The normalized spacial score (nSPS) is 20.2. The largest absolute Gasteiger partial charge is 0.495 e. The number of methoxy groups -OCH3 is 5. The zero-order chi connectivity index (χ0) is 78.2. The van der Waals surface area contributed by atoms with Crippen LogP contribution in [-0.4, -0.2) is 213 Å². The lowest BCUT2D eigenvalue weighted by molar-refractivity contribution is -0.133.